The van der Waals surface area contributed by atoms with E-state index in [9.17, 15) is 5.11 Å². The molecule has 0 fully saturated rings. The van der Waals surface area contributed by atoms with E-state index in [4.69, 9.17) is 4.74 Å². The van der Waals surface area contributed by atoms with Gasteiger partial charge in [0.25, 0.3) is 0 Å². The number of hydrogen-bond acceptors (Lipinski definition) is 2. The van der Waals surface area contributed by atoms with Crippen molar-refractivity contribution in [1.82, 2.24) is 0 Å². The van der Waals surface area contributed by atoms with Crippen molar-refractivity contribution in [2.24, 2.45) is 0 Å². The summed E-state index contributed by atoms with van der Waals surface area (Å²) in [5.41, 5.74) is 3.36. The highest BCUT2D eigenvalue weighted by Crippen LogP contribution is 2.37. The van der Waals surface area contributed by atoms with Crippen LogP contribution in [0.2, 0.25) is 0 Å². The topological polar surface area (TPSA) is 29.5 Å². The summed E-state index contributed by atoms with van der Waals surface area (Å²) in [6.45, 7) is 6.22. The summed E-state index contributed by atoms with van der Waals surface area (Å²) in [5.74, 6) is 0.984. The average molecular weight is 206 g/mol. The first-order chi connectivity index (χ1) is 7.06. The van der Waals surface area contributed by atoms with Crippen LogP contribution in [-0.2, 0) is 6.42 Å². The molecule has 1 aliphatic rings. The van der Waals surface area contributed by atoms with Crippen molar-refractivity contribution in [1.29, 1.82) is 0 Å². The van der Waals surface area contributed by atoms with E-state index in [1.807, 2.05) is 6.92 Å². The second-order valence-electron chi connectivity index (χ2n) is 4.72. The maximum atomic E-state index is 9.31. The monoisotopic (exact) mass is 206 g/mol. The SMILES string of the molecule is Cc1ccc(C)c2c1CC[C@@](C)(CO)O2. The second-order valence-corrected chi connectivity index (χ2v) is 4.72. The molecule has 1 aromatic carbocycles. The summed E-state index contributed by atoms with van der Waals surface area (Å²) in [4.78, 5) is 0. The number of aliphatic hydroxyl groups excluding tert-OH is 1. The van der Waals surface area contributed by atoms with E-state index in [2.05, 4.69) is 26.0 Å². The van der Waals surface area contributed by atoms with Crippen molar-refractivity contribution in [2.75, 3.05) is 6.61 Å². The van der Waals surface area contributed by atoms with Crippen LogP contribution in [0.1, 0.15) is 30.0 Å². The van der Waals surface area contributed by atoms with Crippen molar-refractivity contribution in [2.45, 2.75) is 39.2 Å². The summed E-state index contributed by atoms with van der Waals surface area (Å²) >= 11 is 0. The lowest BCUT2D eigenvalue weighted by atomic mass is 9.90. The Morgan fingerprint density at radius 1 is 1.33 bits per heavy atom. The van der Waals surface area contributed by atoms with Gasteiger partial charge >= 0.3 is 0 Å². The van der Waals surface area contributed by atoms with Gasteiger partial charge in [-0.15, -0.1) is 0 Å². The van der Waals surface area contributed by atoms with Gasteiger partial charge in [-0.1, -0.05) is 12.1 Å². The zero-order chi connectivity index (χ0) is 11.1. The van der Waals surface area contributed by atoms with Crippen LogP contribution in [0.3, 0.4) is 0 Å². The number of hydrogen-bond donors (Lipinski definition) is 1. The molecule has 15 heavy (non-hydrogen) atoms. The fraction of sp³-hybridized carbons (Fsp3) is 0.538. The molecule has 0 unspecified atom stereocenters. The summed E-state index contributed by atoms with van der Waals surface area (Å²) < 4.78 is 5.93. The predicted octanol–water partition coefficient (Wildman–Crippen LogP) is 2.38. The summed E-state index contributed by atoms with van der Waals surface area (Å²) in [6, 6.07) is 4.22. The minimum atomic E-state index is -0.397. The lowest BCUT2D eigenvalue weighted by molar-refractivity contribution is 0.00736. The number of aryl methyl sites for hydroxylation is 2. The van der Waals surface area contributed by atoms with Gasteiger partial charge in [0.15, 0.2) is 0 Å². The van der Waals surface area contributed by atoms with E-state index in [0.717, 1.165) is 24.2 Å². The quantitative estimate of drug-likeness (QED) is 0.764. The molecule has 1 N–H and O–H groups in total. The molecule has 82 valence electrons. The van der Waals surface area contributed by atoms with Gasteiger partial charge in [0.05, 0.1) is 6.61 Å². The molecule has 0 radical (unpaired) electrons. The van der Waals surface area contributed by atoms with E-state index in [0.29, 0.717) is 0 Å². The molecule has 0 aromatic heterocycles. The minimum absolute atomic E-state index is 0.0832. The molecule has 0 saturated carbocycles. The lowest BCUT2D eigenvalue weighted by Gasteiger charge is -2.35. The molecule has 1 aliphatic heterocycles. The van der Waals surface area contributed by atoms with Crippen LogP contribution in [0, 0.1) is 13.8 Å². The number of aliphatic hydroxyl groups is 1. The first-order valence-corrected chi connectivity index (χ1v) is 5.45. The predicted molar refractivity (Wildman–Crippen MR) is 60.4 cm³/mol. The summed E-state index contributed by atoms with van der Waals surface area (Å²) in [7, 11) is 0. The van der Waals surface area contributed by atoms with Gasteiger partial charge in [-0.3, -0.25) is 0 Å². The van der Waals surface area contributed by atoms with Gasteiger partial charge in [0.2, 0.25) is 0 Å². The molecular formula is C13H18O2. The highest BCUT2D eigenvalue weighted by atomic mass is 16.5. The Morgan fingerprint density at radius 2 is 2.00 bits per heavy atom. The van der Waals surface area contributed by atoms with E-state index in [-0.39, 0.29) is 6.61 Å². The molecule has 2 heteroatoms. The largest absolute Gasteiger partial charge is 0.485 e. The molecule has 0 bridgehead atoms. The number of rotatable bonds is 1. The molecule has 0 spiro atoms. The third-order valence-electron chi connectivity index (χ3n) is 3.28. The molecule has 1 aromatic rings. The zero-order valence-corrected chi connectivity index (χ0v) is 9.63. The van der Waals surface area contributed by atoms with Gasteiger partial charge in [0.1, 0.15) is 11.4 Å². The maximum Gasteiger partial charge on any atom is 0.129 e. The molecule has 1 heterocycles. The fourth-order valence-corrected chi connectivity index (χ4v) is 2.09. The minimum Gasteiger partial charge on any atom is -0.485 e. The van der Waals surface area contributed by atoms with Crippen LogP contribution in [0.5, 0.6) is 5.75 Å². The van der Waals surface area contributed by atoms with Crippen molar-refractivity contribution >= 4 is 0 Å². The van der Waals surface area contributed by atoms with E-state index in [1.165, 1.54) is 11.1 Å². The smallest absolute Gasteiger partial charge is 0.129 e. The normalized spacial score (nSPS) is 24.5. The Hall–Kier alpha value is -1.02. The Kier molecular flexibility index (Phi) is 2.47. The van der Waals surface area contributed by atoms with Crippen LogP contribution >= 0.6 is 0 Å². The lowest BCUT2D eigenvalue weighted by Crippen LogP contribution is -2.40. The Labute approximate surface area is 90.9 Å². The van der Waals surface area contributed by atoms with E-state index in [1.54, 1.807) is 0 Å². The number of benzene rings is 1. The fourth-order valence-electron chi connectivity index (χ4n) is 2.09. The highest BCUT2D eigenvalue weighted by molar-refractivity contribution is 5.47. The van der Waals surface area contributed by atoms with Crippen molar-refractivity contribution in [3.8, 4) is 5.75 Å². The van der Waals surface area contributed by atoms with Crippen LogP contribution in [0.4, 0.5) is 0 Å². The second kappa shape index (κ2) is 3.53. The number of fused-ring (bicyclic) bond motifs is 1. The molecule has 0 amide bonds. The average Bonchev–Trinajstić information content (AvgIpc) is 2.24. The maximum absolute atomic E-state index is 9.31. The van der Waals surface area contributed by atoms with Gasteiger partial charge in [0, 0.05) is 0 Å². The first kappa shape index (κ1) is 10.5. The van der Waals surface area contributed by atoms with Crippen LogP contribution in [0.25, 0.3) is 0 Å². The van der Waals surface area contributed by atoms with Gasteiger partial charge < -0.3 is 9.84 Å². The third kappa shape index (κ3) is 1.74. The molecule has 2 rings (SSSR count). The number of ether oxygens (including phenoxy) is 1. The third-order valence-corrected chi connectivity index (χ3v) is 3.28. The van der Waals surface area contributed by atoms with Gasteiger partial charge in [-0.05, 0) is 50.3 Å². The summed E-state index contributed by atoms with van der Waals surface area (Å²) in [5, 5.41) is 9.31. The van der Waals surface area contributed by atoms with E-state index >= 15 is 0 Å². The van der Waals surface area contributed by atoms with Crippen LogP contribution in [0.15, 0.2) is 12.1 Å². The molecule has 0 aliphatic carbocycles. The van der Waals surface area contributed by atoms with Crippen molar-refractivity contribution in [3.63, 3.8) is 0 Å². The van der Waals surface area contributed by atoms with Gasteiger partial charge in [-0.2, -0.15) is 0 Å². The zero-order valence-electron chi connectivity index (χ0n) is 9.63. The van der Waals surface area contributed by atoms with Crippen LogP contribution in [-0.4, -0.2) is 17.3 Å². The summed E-state index contributed by atoms with van der Waals surface area (Å²) in [6.07, 6.45) is 1.89. The Balaban J connectivity index is 2.45. The molecule has 2 nitrogen and oxygen atoms in total. The molecule has 1 atom stereocenters. The Morgan fingerprint density at radius 3 is 2.67 bits per heavy atom. The first-order valence-electron chi connectivity index (χ1n) is 5.45. The molecule has 0 saturated heterocycles. The van der Waals surface area contributed by atoms with Gasteiger partial charge in [-0.25, -0.2) is 0 Å². The highest BCUT2D eigenvalue weighted by Gasteiger charge is 2.32. The van der Waals surface area contributed by atoms with Crippen LogP contribution < -0.4 is 4.74 Å². The Bertz CT molecular complexity index is 384. The molecular weight excluding hydrogens is 188 g/mol. The van der Waals surface area contributed by atoms with E-state index < -0.39 is 5.60 Å². The van der Waals surface area contributed by atoms with Crippen molar-refractivity contribution < 1.29 is 9.84 Å². The standard InChI is InChI=1S/C13H18O2/c1-9-4-5-10(2)12-11(9)6-7-13(3,8-14)15-12/h4-5,14H,6-8H2,1-3H3/t13-/m0/s1. The van der Waals surface area contributed by atoms with Crippen molar-refractivity contribution in [3.05, 3.63) is 28.8 Å².